The molecule has 0 unspecified atom stereocenters. The molecular weight excluding hydrogens is 466 g/mol. The average molecular weight is 482 g/mol. The maximum Gasteiger partial charge on any atom is 0.285 e. The molecule has 1 N–H and O–H groups in total. The zero-order valence-electron chi connectivity index (χ0n) is 17.0. The summed E-state index contributed by atoms with van der Waals surface area (Å²) in [6, 6.07) is 15.7. The third-order valence-corrected chi connectivity index (χ3v) is 5.90. The van der Waals surface area contributed by atoms with E-state index in [2.05, 4.69) is 5.43 Å². The summed E-state index contributed by atoms with van der Waals surface area (Å²) in [4.78, 5) is 36.0. The Hall–Kier alpha value is -3.96. The number of benzene rings is 2. The molecule has 0 atom stereocenters. The van der Waals surface area contributed by atoms with Crippen molar-refractivity contribution in [2.45, 2.75) is 0 Å². The highest BCUT2D eigenvalue weighted by Crippen LogP contribution is 2.33. The minimum Gasteiger partial charge on any atom is -0.497 e. The molecular formula is C22H15N3O6S2. The number of nitrogens with zero attached hydrogens (tertiary/aromatic N) is 2. The second-order valence-corrected chi connectivity index (χ2v) is 8.37. The molecule has 1 aliphatic rings. The van der Waals surface area contributed by atoms with E-state index in [0.717, 1.165) is 16.8 Å². The van der Waals surface area contributed by atoms with Crippen molar-refractivity contribution in [1.82, 2.24) is 10.4 Å². The number of carbonyl (C=O) groups excluding carboxylic acids is 2. The molecule has 0 aliphatic carbocycles. The van der Waals surface area contributed by atoms with E-state index >= 15 is 0 Å². The first-order chi connectivity index (χ1) is 15.9. The summed E-state index contributed by atoms with van der Waals surface area (Å²) in [5.41, 5.74) is 3.31. The Kier molecular flexibility index (Phi) is 6.24. The van der Waals surface area contributed by atoms with Crippen molar-refractivity contribution in [3.05, 3.63) is 87.0 Å². The maximum absolute atomic E-state index is 12.8. The number of nitro benzene ring substituents is 1. The van der Waals surface area contributed by atoms with Crippen LogP contribution in [0.4, 0.5) is 5.69 Å². The maximum atomic E-state index is 12.8. The number of nitro groups is 1. The lowest BCUT2D eigenvalue weighted by Crippen LogP contribution is -2.44. The summed E-state index contributed by atoms with van der Waals surface area (Å²) >= 11 is 6.25. The van der Waals surface area contributed by atoms with Crippen LogP contribution in [-0.4, -0.2) is 33.2 Å². The molecule has 9 nitrogen and oxygen atoms in total. The first-order valence-corrected chi connectivity index (χ1v) is 10.7. The fourth-order valence-corrected chi connectivity index (χ4v) is 4.12. The number of thioether (sulfide) groups is 1. The number of amides is 2. The minimum atomic E-state index is -0.500. The molecule has 0 bridgehead atoms. The number of furan rings is 1. The van der Waals surface area contributed by atoms with Gasteiger partial charge in [-0.3, -0.25) is 25.1 Å². The molecule has 2 amide bonds. The van der Waals surface area contributed by atoms with Gasteiger partial charge in [0.1, 0.15) is 17.3 Å². The Bertz CT molecular complexity index is 1300. The van der Waals surface area contributed by atoms with Crippen molar-refractivity contribution in [2.75, 3.05) is 7.11 Å². The Balaban J connectivity index is 1.49. The van der Waals surface area contributed by atoms with Gasteiger partial charge in [0.15, 0.2) is 4.32 Å². The van der Waals surface area contributed by atoms with E-state index in [-0.39, 0.29) is 14.9 Å². The van der Waals surface area contributed by atoms with Crippen LogP contribution < -0.4 is 10.2 Å². The van der Waals surface area contributed by atoms with E-state index in [0.29, 0.717) is 28.4 Å². The molecule has 1 saturated heterocycles. The number of nitrogens with one attached hydrogen (secondary N) is 1. The van der Waals surface area contributed by atoms with Gasteiger partial charge in [-0.15, -0.1) is 0 Å². The number of thiocarbonyl (C=S) groups is 1. The molecule has 4 rings (SSSR count). The fraction of sp³-hybridized carbons (Fsp3) is 0.0455. The van der Waals surface area contributed by atoms with Gasteiger partial charge in [-0.2, -0.15) is 5.01 Å². The molecule has 0 saturated carbocycles. The molecule has 3 aromatic rings. The Labute approximate surface area is 197 Å². The van der Waals surface area contributed by atoms with E-state index < -0.39 is 16.7 Å². The average Bonchev–Trinajstić information content (AvgIpc) is 3.39. The highest BCUT2D eigenvalue weighted by Gasteiger charge is 2.34. The molecule has 33 heavy (non-hydrogen) atoms. The van der Waals surface area contributed by atoms with Gasteiger partial charge >= 0.3 is 0 Å². The molecule has 1 fully saturated rings. The van der Waals surface area contributed by atoms with E-state index in [1.54, 1.807) is 48.5 Å². The van der Waals surface area contributed by atoms with Crippen molar-refractivity contribution < 1.29 is 23.7 Å². The van der Waals surface area contributed by atoms with E-state index in [4.69, 9.17) is 21.4 Å². The van der Waals surface area contributed by atoms with Gasteiger partial charge in [0.2, 0.25) is 0 Å². The standard InChI is InChI=1S/C22H15N3O6S2/c1-30-16-7-5-13(6-8-16)20(26)23-24-21(27)19(33-22(24)32)12-17-9-10-18(31-17)14-3-2-4-15(11-14)25(28)29/h2-12H,1H3,(H,23,26)/b19-12+. The van der Waals surface area contributed by atoms with Crippen LogP contribution in [0, 0.1) is 10.1 Å². The van der Waals surface area contributed by atoms with Gasteiger partial charge in [-0.05, 0) is 48.6 Å². The molecule has 166 valence electrons. The summed E-state index contributed by atoms with van der Waals surface area (Å²) in [5, 5.41) is 12.0. The minimum absolute atomic E-state index is 0.0566. The number of hydrazine groups is 1. The lowest BCUT2D eigenvalue weighted by Gasteiger charge is -2.15. The van der Waals surface area contributed by atoms with Crippen LogP contribution in [0.1, 0.15) is 16.1 Å². The first-order valence-electron chi connectivity index (χ1n) is 9.43. The summed E-state index contributed by atoms with van der Waals surface area (Å²) in [6.45, 7) is 0. The monoisotopic (exact) mass is 481 g/mol. The highest BCUT2D eigenvalue weighted by atomic mass is 32.2. The number of hydrogen-bond donors (Lipinski definition) is 1. The quantitative estimate of drug-likeness (QED) is 0.238. The third-order valence-electron chi connectivity index (χ3n) is 4.60. The topological polar surface area (TPSA) is 115 Å². The number of ether oxygens (including phenoxy) is 1. The Morgan fingerprint density at radius 1 is 1.21 bits per heavy atom. The molecule has 2 aromatic carbocycles. The van der Waals surface area contributed by atoms with Gasteiger partial charge in [-0.1, -0.05) is 23.9 Å². The number of carbonyl (C=O) groups is 2. The summed E-state index contributed by atoms with van der Waals surface area (Å²) in [6.07, 6.45) is 1.50. The Morgan fingerprint density at radius 3 is 2.67 bits per heavy atom. The smallest absolute Gasteiger partial charge is 0.285 e. The van der Waals surface area contributed by atoms with Crippen LogP contribution in [0.5, 0.6) is 5.75 Å². The molecule has 0 spiro atoms. The zero-order valence-corrected chi connectivity index (χ0v) is 18.6. The van der Waals surface area contributed by atoms with Gasteiger partial charge in [0.05, 0.1) is 16.9 Å². The number of hydrogen-bond acceptors (Lipinski definition) is 8. The third kappa shape index (κ3) is 4.78. The predicted molar refractivity (Wildman–Crippen MR) is 126 cm³/mol. The van der Waals surface area contributed by atoms with Gasteiger partial charge in [0.25, 0.3) is 17.5 Å². The van der Waals surface area contributed by atoms with Crippen molar-refractivity contribution in [3.8, 4) is 17.1 Å². The van der Waals surface area contributed by atoms with Gasteiger partial charge in [0, 0.05) is 29.3 Å². The highest BCUT2D eigenvalue weighted by molar-refractivity contribution is 8.26. The van der Waals surface area contributed by atoms with Crippen LogP contribution in [0.2, 0.25) is 0 Å². The summed E-state index contributed by atoms with van der Waals surface area (Å²) < 4.78 is 11.0. The normalized spacial score (nSPS) is 14.6. The van der Waals surface area contributed by atoms with Crippen molar-refractivity contribution in [1.29, 1.82) is 0 Å². The van der Waals surface area contributed by atoms with Crippen LogP contribution in [-0.2, 0) is 4.79 Å². The molecule has 1 aromatic heterocycles. The lowest BCUT2D eigenvalue weighted by atomic mass is 10.1. The van der Waals surface area contributed by atoms with E-state index in [9.17, 15) is 19.7 Å². The SMILES string of the molecule is COc1ccc(C(=O)NN2C(=O)/C(=C\c3ccc(-c4cccc([N+](=O)[O-])c4)o3)SC2=S)cc1. The lowest BCUT2D eigenvalue weighted by molar-refractivity contribution is -0.384. The number of non-ortho nitro benzene ring substituents is 1. The number of rotatable bonds is 6. The summed E-state index contributed by atoms with van der Waals surface area (Å²) in [7, 11) is 1.52. The van der Waals surface area contributed by atoms with Crippen LogP contribution >= 0.6 is 24.0 Å². The largest absolute Gasteiger partial charge is 0.497 e. The second kappa shape index (κ2) is 9.27. The van der Waals surface area contributed by atoms with E-state index in [1.807, 2.05) is 0 Å². The molecule has 1 aliphatic heterocycles. The predicted octanol–water partition coefficient (Wildman–Crippen LogP) is 4.41. The molecule has 0 radical (unpaired) electrons. The molecule has 2 heterocycles. The van der Waals surface area contributed by atoms with Crippen LogP contribution in [0.25, 0.3) is 17.4 Å². The Morgan fingerprint density at radius 2 is 1.97 bits per heavy atom. The number of methoxy groups -OCH3 is 1. The molecule has 11 heteroatoms. The van der Waals surface area contributed by atoms with Gasteiger partial charge < -0.3 is 9.15 Å². The zero-order chi connectivity index (χ0) is 23.5. The second-order valence-electron chi connectivity index (χ2n) is 6.70. The van der Waals surface area contributed by atoms with Crippen LogP contribution in [0.3, 0.4) is 0 Å². The van der Waals surface area contributed by atoms with E-state index in [1.165, 1.54) is 25.3 Å². The van der Waals surface area contributed by atoms with Crippen molar-refractivity contribution in [3.63, 3.8) is 0 Å². The van der Waals surface area contributed by atoms with Crippen LogP contribution in [0.15, 0.2) is 70.0 Å². The fourth-order valence-electron chi connectivity index (χ4n) is 2.96. The van der Waals surface area contributed by atoms with Gasteiger partial charge in [-0.25, -0.2) is 0 Å². The first kappa shape index (κ1) is 22.2. The van der Waals surface area contributed by atoms with Crippen molar-refractivity contribution >= 4 is 51.9 Å². The van der Waals surface area contributed by atoms with Crippen molar-refractivity contribution in [2.24, 2.45) is 0 Å². The summed E-state index contributed by atoms with van der Waals surface area (Å²) in [5.74, 6) is 0.371.